The van der Waals surface area contributed by atoms with E-state index in [1.165, 1.54) is 11.6 Å². The maximum atomic E-state index is 12.1. The van der Waals surface area contributed by atoms with Crippen molar-refractivity contribution in [3.8, 4) is 5.75 Å². The Morgan fingerprint density at radius 3 is 2.53 bits per heavy atom. The first kappa shape index (κ1) is 13.9. The molecule has 0 radical (unpaired) electrons. The van der Waals surface area contributed by atoms with Gasteiger partial charge in [0.2, 0.25) is 0 Å². The van der Waals surface area contributed by atoms with Gasteiger partial charge in [0.15, 0.2) is 0 Å². The molecule has 0 bridgehead atoms. The molecular weight excluding hydrogens is 353 g/mol. The molecule has 0 atom stereocenters. The van der Waals surface area contributed by atoms with Gasteiger partial charge in [-0.05, 0) is 77.9 Å². The second kappa shape index (κ2) is 5.61. The summed E-state index contributed by atoms with van der Waals surface area (Å²) in [4.78, 5) is 12.1. The zero-order chi connectivity index (χ0) is 14.0. The van der Waals surface area contributed by atoms with E-state index >= 15 is 0 Å². The van der Waals surface area contributed by atoms with Gasteiger partial charge < -0.3 is 10.4 Å². The number of phenols is 1. The summed E-state index contributed by atoms with van der Waals surface area (Å²) in [5.41, 5.74) is 3.30. The zero-order valence-corrected chi connectivity index (χ0v) is 12.9. The highest BCUT2D eigenvalue weighted by Gasteiger charge is 2.12. The number of hydrogen-bond acceptors (Lipinski definition) is 2. The van der Waals surface area contributed by atoms with Crippen LogP contribution in [-0.4, -0.2) is 11.0 Å². The van der Waals surface area contributed by atoms with Crippen molar-refractivity contribution < 1.29 is 9.90 Å². The van der Waals surface area contributed by atoms with E-state index in [2.05, 4.69) is 27.9 Å². The summed E-state index contributed by atoms with van der Waals surface area (Å²) < 4.78 is 0.903. The van der Waals surface area contributed by atoms with E-state index in [1.807, 2.05) is 32.0 Å². The Balaban J connectivity index is 2.25. The van der Waals surface area contributed by atoms with Crippen molar-refractivity contribution in [1.82, 2.24) is 0 Å². The van der Waals surface area contributed by atoms with E-state index in [9.17, 15) is 9.90 Å². The van der Waals surface area contributed by atoms with Crippen LogP contribution in [0.2, 0.25) is 0 Å². The van der Waals surface area contributed by atoms with E-state index in [-0.39, 0.29) is 17.2 Å². The van der Waals surface area contributed by atoms with E-state index in [0.29, 0.717) is 0 Å². The van der Waals surface area contributed by atoms with Gasteiger partial charge in [-0.15, -0.1) is 0 Å². The fraction of sp³-hybridized carbons (Fsp3) is 0.133. The van der Waals surface area contributed by atoms with E-state index < -0.39 is 0 Å². The molecule has 0 aliphatic rings. The maximum absolute atomic E-state index is 12.1. The largest absolute Gasteiger partial charge is 0.507 e. The first-order chi connectivity index (χ1) is 8.97. The number of rotatable bonds is 2. The standard InChI is InChI=1S/C15H14INO2/c1-9-3-5-12(7-10(9)2)17-15(19)13-8-11(16)4-6-14(13)18/h3-8,18H,1-2H3,(H,17,19). The van der Waals surface area contributed by atoms with Crippen LogP contribution in [0, 0.1) is 17.4 Å². The number of hydrogen-bond donors (Lipinski definition) is 2. The molecule has 4 heteroatoms. The molecule has 0 heterocycles. The molecule has 0 saturated carbocycles. The summed E-state index contributed by atoms with van der Waals surface area (Å²) in [5.74, 6) is -0.319. The first-order valence-electron chi connectivity index (χ1n) is 5.84. The predicted octanol–water partition coefficient (Wildman–Crippen LogP) is 3.87. The zero-order valence-electron chi connectivity index (χ0n) is 10.7. The summed E-state index contributed by atoms with van der Waals surface area (Å²) in [5, 5.41) is 12.5. The Hall–Kier alpha value is -1.56. The topological polar surface area (TPSA) is 49.3 Å². The van der Waals surface area contributed by atoms with Gasteiger partial charge in [0.1, 0.15) is 5.75 Å². The highest BCUT2D eigenvalue weighted by Crippen LogP contribution is 2.22. The van der Waals surface area contributed by atoms with Crippen molar-refractivity contribution in [2.45, 2.75) is 13.8 Å². The number of amides is 1. The Kier molecular flexibility index (Phi) is 4.09. The second-order valence-electron chi connectivity index (χ2n) is 4.41. The van der Waals surface area contributed by atoms with E-state index in [0.717, 1.165) is 14.8 Å². The van der Waals surface area contributed by atoms with Gasteiger partial charge in [0.25, 0.3) is 5.91 Å². The lowest BCUT2D eigenvalue weighted by atomic mass is 10.1. The number of carbonyl (C=O) groups excluding carboxylic acids is 1. The third-order valence-corrected chi connectivity index (χ3v) is 3.64. The molecule has 2 rings (SSSR count). The summed E-state index contributed by atoms with van der Waals surface area (Å²) in [6.07, 6.45) is 0. The highest BCUT2D eigenvalue weighted by atomic mass is 127. The average molecular weight is 367 g/mol. The molecule has 3 nitrogen and oxygen atoms in total. The SMILES string of the molecule is Cc1ccc(NC(=O)c2cc(I)ccc2O)cc1C. The van der Waals surface area contributed by atoms with Crippen LogP contribution in [-0.2, 0) is 0 Å². The summed E-state index contributed by atoms with van der Waals surface area (Å²) in [6.45, 7) is 4.01. The summed E-state index contributed by atoms with van der Waals surface area (Å²) in [6, 6.07) is 10.7. The fourth-order valence-electron chi connectivity index (χ4n) is 1.71. The number of halogens is 1. The molecule has 1 amide bonds. The van der Waals surface area contributed by atoms with E-state index in [4.69, 9.17) is 0 Å². The van der Waals surface area contributed by atoms with Crippen LogP contribution in [0.3, 0.4) is 0 Å². The monoisotopic (exact) mass is 367 g/mol. The van der Waals surface area contributed by atoms with Gasteiger partial charge in [0, 0.05) is 9.26 Å². The van der Waals surface area contributed by atoms with Gasteiger partial charge in [-0.25, -0.2) is 0 Å². The van der Waals surface area contributed by atoms with Crippen molar-refractivity contribution in [1.29, 1.82) is 0 Å². The van der Waals surface area contributed by atoms with Crippen LogP contribution < -0.4 is 5.32 Å². The fourth-order valence-corrected chi connectivity index (χ4v) is 2.20. The van der Waals surface area contributed by atoms with Crippen LogP contribution in [0.15, 0.2) is 36.4 Å². The molecule has 0 spiro atoms. The summed E-state index contributed by atoms with van der Waals surface area (Å²) in [7, 11) is 0. The third-order valence-electron chi connectivity index (χ3n) is 2.97. The minimum atomic E-state index is -0.306. The molecule has 0 unspecified atom stereocenters. The van der Waals surface area contributed by atoms with Gasteiger partial charge >= 0.3 is 0 Å². The Morgan fingerprint density at radius 2 is 1.84 bits per heavy atom. The number of benzene rings is 2. The van der Waals surface area contributed by atoms with Gasteiger partial charge in [-0.2, -0.15) is 0 Å². The number of nitrogens with one attached hydrogen (secondary N) is 1. The molecule has 19 heavy (non-hydrogen) atoms. The van der Waals surface area contributed by atoms with Crippen molar-refractivity contribution in [3.05, 3.63) is 56.7 Å². The normalized spacial score (nSPS) is 10.3. The molecule has 2 N–H and O–H groups in total. The quantitative estimate of drug-likeness (QED) is 0.792. The minimum absolute atomic E-state index is 0.0123. The third kappa shape index (κ3) is 3.26. The van der Waals surface area contributed by atoms with Gasteiger partial charge in [0.05, 0.1) is 5.56 Å². The highest BCUT2D eigenvalue weighted by molar-refractivity contribution is 14.1. The van der Waals surface area contributed by atoms with Gasteiger partial charge in [-0.3, -0.25) is 4.79 Å². The molecule has 2 aromatic rings. The van der Waals surface area contributed by atoms with Crippen molar-refractivity contribution in [3.63, 3.8) is 0 Å². The van der Waals surface area contributed by atoms with E-state index in [1.54, 1.807) is 12.1 Å². The van der Waals surface area contributed by atoms with Crippen LogP contribution >= 0.6 is 22.6 Å². The molecule has 98 valence electrons. The van der Waals surface area contributed by atoms with Crippen LogP contribution in [0.1, 0.15) is 21.5 Å². The Labute approximate surface area is 125 Å². The number of carbonyl (C=O) groups is 1. The van der Waals surface area contributed by atoms with Crippen molar-refractivity contribution in [2.75, 3.05) is 5.32 Å². The maximum Gasteiger partial charge on any atom is 0.259 e. The lowest BCUT2D eigenvalue weighted by Gasteiger charge is -2.09. The minimum Gasteiger partial charge on any atom is -0.507 e. The van der Waals surface area contributed by atoms with Crippen molar-refractivity contribution in [2.24, 2.45) is 0 Å². The second-order valence-corrected chi connectivity index (χ2v) is 5.66. The predicted molar refractivity (Wildman–Crippen MR) is 84.7 cm³/mol. The van der Waals surface area contributed by atoms with Gasteiger partial charge in [-0.1, -0.05) is 6.07 Å². The molecule has 2 aromatic carbocycles. The number of anilines is 1. The summed E-state index contributed by atoms with van der Waals surface area (Å²) >= 11 is 2.11. The number of phenolic OH excluding ortho intramolecular Hbond substituents is 1. The lowest BCUT2D eigenvalue weighted by Crippen LogP contribution is -2.12. The lowest BCUT2D eigenvalue weighted by molar-refractivity contribution is 0.102. The molecule has 0 saturated heterocycles. The Morgan fingerprint density at radius 1 is 1.11 bits per heavy atom. The number of aryl methyl sites for hydroxylation is 2. The first-order valence-corrected chi connectivity index (χ1v) is 6.92. The Bertz CT molecular complexity index is 638. The smallest absolute Gasteiger partial charge is 0.259 e. The average Bonchev–Trinajstić information content (AvgIpc) is 2.36. The molecule has 0 aliphatic carbocycles. The van der Waals surface area contributed by atoms with Crippen LogP contribution in [0.4, 0.5) is 5.69 Å². The van der Waals surface area contributed by atoms with Crippen molar-refractivity contribution >= 4 is 34.2 Å². The van der Waals surface area contributed by atoms with Crippen LogP contribution in [0.25, 0.3) is 0 Å². The molecule has 0 aromatic heterocycles. The molecule has 0 aliphatic heterocycles. The molecular formula is C15H14INO2. The number of aromatic hydroxyl groups is 1. The van der Waals surface area contributed by atoms with Crippen LogP contribution in [0.5, 0.6) is 5.75 Å². The molecule has 0 fully saturated rings.